The summed E-state index contributed by atoms with van der Waals surface area (Å²) in [7, 11) is 0. The SMILES string of the molecule is [Mg+2].[O-]B([O-])Cl. The second-order valence-corrected chi connectivity index (χ2v) is 0.631. The smallest absolute Gasteiger partial charge is 0.881 e. The van der Waals surface area contributed by atoms with Gasteiger partial charge in [0.25, 0.3) is 0 Å². The molecule has 0 N–H and O–H groups in total. The van der Waals surface area contributed by atoms with Crippen molar-refractivity contribution in [2.24, 2.45) is 0 Å². The van der Waals surface area contributed by atoms with Crippen molar-refractivity contribution >= 4 is 41.0 Å². The van der Waals surface area contributed by atoms with Gasteiger partial charge >= 0.3 is 23.1 Å². The van der Waals surface area contributed by atoms with Gasteiger partial charge in [-0.2, -0.15) is 0 Å². The monoisotopic (exact) mass is 102 g/mol. The summed E-state index contributed by atoms with van der Waals surface area (Å²) in [6.45, 7) is -2.19. The zero-order chi connectivity index (χ0) is 3.58. The zero-order valence-electron chi connectivity index (χ0n) is 2.48. The maximum Gasteiger partial charge on any atom is 2.00 e. The number of rotatable bonds is 0. The Morgan fingerprint density at radius 3 is 1.40 bits per heavy atom. The molecule has 0 radical (unpaired) electrons. The molecule has 0 aromatic carbocycles. The van der Waals surface area contributed by atoms with Crippen molar-refractivity contribution < 1.29 is 10.0 Å². The van der Waals surface area contributed by atoms with Gasteiger partial charge in [-0.1, -0.05) is 0 Å². The molecule has 5 heteroatoms. The van der Waals surface area contributed by atoms with Gasteiger partial charge < -0.3 is 10.0 Å². The minimum Gasteiger partial charge on any atom is -0.881 e. The molecule has 0 amide bonds. The summed E-state index contributed by atoms with van der Waals surface area (Å²) >= 11 is 4.16. The van der Waals surface area contributed by atoms with Crippen molar-refractivity contribution in [3.63, 3.8) is 0 Å². The van der Waals surface area contributed by atoms with Crippen LogP contribution in [0.15, 0.2) is 0 Å². The van der Waals surface area contributed by atoms with E-state index < -0.39 is 6.53 Å². The number of hydrogen-bond donors (Lipinski definition) is 0. The second kappa shape index (κ2) is 5.04. The third-order valence-corrected chi connectivity index (χ3v) is 0. The largest absolute Gasteiger partial charge is 2.00 e. The zero-order valence-corrected chi connectivity index (χ0v) is 4.65. The van der Waals surface area contributed by atoms with Crippen LogP contribution in [-0.4, -0.2) is 29.6 Å². The van der Waals surface area contributed by atoms with E-state index in [1.165, 1.54) is 0 Å². The van der Waals surface area contributed by atoms with E-state index in [0.29, 0.717) is 0 Å². The van der Waals surface area contributed by atoms with E-state index >= 15 is 0 Å². The van der Waals surface area contributed by atoms with Crippen molar-refractivity contribution in [1.82, 2.24) is 0 Å². The van der Waals surface area contributed by atoms with Crippen LogP contribution in [0.1, 0.15) is 0 Å². The summed E-state index contributed by atoms with van der Waals surface area (Å²) in [6.07, 6.45) is 0. The molecule has 0 bridgehead atoms. The first-order valence-corrected chi connectivity index (χ1v) is 1.13. The summed E-state index contributed by atoms with van der Waals surface area (Å²) in [5.74, 6) is 0. The second-order valence-electron chi connectivity index (χ2n) is 0.274. The fourth-order valence-electron chi connectivity index (χ4n) is 0. The molecule has 0 fully saturated rings. The molecule has 0 heterocycles. The Labute approximate surface area is 51.3 Å². The van der Waals surface area contributed by atoms with Crippen molar-refractivity contribution in [3.8, 4) is 0 Å². The van der Waals surface area contributed by atoms with Crippen molar-refractivity contribution in [3.05, 3.63) is 0 Å². The summed E-state index contributed by atoms with van der Waals surface area (Å²) in [5, 5.41) is 17.5. The first-order chi connectivity index (χ1) is 1.73. The maximum atomic E-state index is 8.74. The van der Waals surface area contributed by atoms with E-state index in [1.54, 1.807) is 0 Å². The van der Waals surface area contributed by atoms with Crippen LogP contribution >= 0.6 is 11.5 Å². The molecular formula is BClMgO2. The van der Waals surface area contributed by atoms with Gasteiger partial charge in [-0.3, -0.25) is 0 Å². The van der Waals surface area contributed by atoms with Gasteiger partial charge in [0, 0.05) is 6.53 Å². The van der Waals surface area contributed by atoms with Crippen LogP contribution in [0.25, 0.3) is 0 Å². The quantitative estimate of drug-likeness (QED) is 0.319. The molecule has 0 atom stereocenters. The Balaban J connectivity index is 0. The summed E-state index contributed by atoms with van der Waals surface area (Å²) < 4.78 is 0. The van der Waals surface area contributed by atoms with E-state index in [-0.39, 0.29) is 23.1 Å². The molecule has 0 spiro atoms. The molecule has 5 heavy (non-hydrogen) atoms. The molecule has 2 nitrogen and oxygen atoms in total. The molecule has 0 aliphatic carbocycles. The van der Waals surface area contributed by atoms with E-state index in [2.05, 4.69) is 11.5 Å². The van der Waals surface area contributed by atoms with Crippen LogP contribution in [-0.2, 0) is 0 Å². The molecular weight excluding hydrogens is 103 g/mol. The Kier molecular flexibility index (Phi) is 9.48. The standard InChI is InChI=1S/BClO2.Mg/c2-1(3)4;/q-2;+2. The van der Waals surface area contributed by atoms with E-state index in [1.807, 2.05) is 0 Å². The minimum atomic E-state index is -2.19. The maximum absolute atomic E-state index is 8.74. The van der Waals surface area contributed by atoms with Crippen molar-refractivity contribution in [1.29, 1.82) is 0 Å². The molecule has 0 unspecified atom stereocenters. The van der Waals surface area contributed by atoms with Crippen LogP contribution in [0.5, 0.6) is 0 Å². The summed E-state index contributed by atoms with van der Waals surface area (Å²) in [5.41, 5.74) is 0. The van der Waals surface area contributed by atoms with Crippen LogP contribution in [0.3, 0.4) is 0 Å². The topological polar surface area (TPSA) is 46.1 Å². The van der Waals surface area contributed by atoms with Crippen molar-refractivity contribution in [2.45, 2.75) is 0 Å². The van der Waals surface area contributed by atoms with E-state index in [4.69, 9.17) is 10.0 Å². The summed E-state index contributed by atoms with van der Waals surface area (Å²) in [6, 6.07) is 0. The summed E-state index contributed by atoms with van der Waals surface area (Å²) in [4.78, 5) is 0. The van der Waals surface area contributed by atoms with Crippen molar-refractivity contribution in [2.75, 3.05) is 0 Å². The van der Waals surface area contributed by atoms with Crippen LogP contribution in [0.2, 0.25) is 0 Å². The number of hydrogen-bond acceptors (Lipinski definition) is 2. The van der Waals surface area contributed by atoms with Gasteiger partial charge in [-0.05, 0) is 0 Å². The predicted molar refractivity (Wildman–Crippen MR) is 17.4 cm³/mol. The molecule has 0 aliphatic heterocycles. The average molecular weight is 103 g/mol. The van der Waals surface area contributed by atoms with Gasteiger partial charge in [0.15, 0.2) is 0 Å². The average Bonchev–Trinajstić information content (AvgIpc) is 0.811. The van der Waals surface area contributed by atoms with E-state index in [9.17, 15) is 0 Å². The Morgan fingerprint density at radius 2 is 1.40 bits per heavy atom. The Morgan fingerprint density at radius 1 is 1.40 bits per heavy atom. The molecule has 0 aliphatic rings. The Bertz CT molecular complexity index is 14.4. The van der Waals surface area contributed by atoms with Gasteiger partial charge in [0.1, 0.15) is 0 Å². The fourth-order valence-corrected chi connectivity index (χ4v) is 0. The van der Waals surface area contributed by atoms with Crippen LogP contribution in [0, 0.1) is 0 Å². The molecule has 0 saturated carbocycles. The fraction of sp³-hybridized carbons (Fsp3) is 0. The van der Waals surface area contributed by atoms with Gasteiger partial charge in [0.05, 0.1) is 0 Å². The third-order valence-electron chi connectivity index (χ3n) is 0. The van der Waals surface area contributed by atoms with Crippen LogP contribution in [0.4, 0.5) is 0 Å². The Hall–Kier alpha value is 1.04. The first-order valence-electron chi connectivity index (χ1n) is 0.690. The van der Waals surface area contributed by atoms with Gasteiger partial charge in [-0.25, -0.2) is 11.5 Å². The normalized spacial score (nSPS) is 5.40. The molecule has 0 saturated heterocycles. The molecule has 0 aromatic rings. The third kappa shape index (κ3) is 43.0. The minimum absolute atomic E-state index is 0. The predicted octanol–water partition coefficient (Wildman–Crippen LogP) is -2.45. The van der Waals surface area contributed by atoms with Crippen LogP contribution < -0.4 is 10.0 Å². The molecule has 0 aromatic heterocycles. The van der Waals surface area contributed by atoms with E-state index in [0.717, 1.165) is 0 Å². The first kappa shape index (κ1) is 9.40. The van der Waals surface area contributed by atoms with Gasteiger partial charge in [0.2, 0.25) is 0 Å². The number of halogens is 1. The van der Waals surface area contributed by atoms with Gasteiger partial charge in [-0.15, -0.1) is 0 Å². The molecule has 0 rings (SSSR count). The molecule has 24 valence electrons.